The molecule has 4 aliphatic rings. The zero-order valence-corrected chi connectivity index (χ0v) is 15.3. The van der Waals surface area contributed by atoms with E-state index in [1.807, 2.05) is 13.8 Å². The molecule has 0 aromatic carbocycles. The van der Waals surface area contributed by atoms with Crippen molar-refractivity contribution >= 4 is 11.9 Å². The second-order valence-electron chi connectivity index (χ2n) is 9.06. The second kappa shape index (κ2) is 5.98. The minimum Gasteiger partial charge on any atom is -0.455 e. The summed E-state index contributed by atoms with van der Waals surface area (Å²) in [6, 6.07) is 2.10. The monoisotopic (exact) mass is 348 g/mol. The molecule has 0 heterocycles. The molecule has 6 nitrogen and oxygen atoms in total. The number of nitrogens with one attached hydrogen (secondary N) is 1. The fourth-order valence-electron chi connectivity index (χ4n) is 5.36. The van der Waals surface area contributed by atoms with Crippen molar-refractivity contribution in [2.75, 3.05) is 6.61 Å². The van der Waals surface area contributed by atoms with Gasteiger partial charge in [-0.25, -0.2) is 0 Å². The zero-order chi connectivity index (χ0) is 18.5. The normalized spacial score (nSPS) is 38.1. The molecule has 138 valence electrons. The largest absolute Gasteiger partial charge is 0.455 e. The molecule has 0 saturated heterocycles. The number of carbonyl (C=O) groups excluding carboxylic acids is 2. The molecule has 0 spiro atoms. The predicted molar refractivity (Wildman–Crippen MR) is 90.0 cm³/mol. The lowest BCUT2D eigenvalue weighted by Crippen LogP contribution is -2.58. The van der Waals surface area contributed by atoms with Gasteiger partial charge in [0.25, 0.3) is 5.91 Å². The van der Waals surface area contributed by atoms with Gasteiger partial charge in [0.1, 0.15) is 5.54 Å². The third kappa shape index (κ3) is 3.27. The quantitative estimate of drug-likeness (QED) is 0.740. The molecule has 0 aromatic heterocycles. The van der Waals surface area contributed by atoms with E-state index in [9.17, 15) is 20.0 Å². The van der Waals surface area contributed by atoms with Gasteiger partial charge < -0.3 is 15.2 Å². The summed E-state index contributed by atoms with van der Waals surface area (Å²) in [5.41, 5.74) is -2.35. The maximum absolute atomic E-state index is 12.7. The van der Waals surface area contributed by atoms with Crippen LogP contribution < -0.4 is 5.32 Å². The van der Waals surface area contributed by atoms with Crippen LogP contribution in [0.1, 0.15) is 59.3 Å². The summed E-state index contributed by atoms with van der Waals surface area (Å²) < 4.78 is 5.33. The molecule has 4 rings (SSSR count). The minimum atomic E-state index is -0.987. The highest BCUT2D eigenvalue weighted by atomic mass is 16.5. The number of esters is 1. The van der Waals surface area contributed by atoms with Crippen LogP contribution in [-0.4, -0.2) is 34.7 Å². The van der Waals surface area contributed by atoms with Crippen molar-refractivity contribution in [1.82, 2.24) is 5.32 Å². The molecule has 4 aliphatic carbocycles. The number of nitriles is 1. The Morgan fingerprint density at radius 1 is 1.32 bits per heavy atom. The van der Waals surface area contributed by atoms with Gasteiger partial charge in [0.2, 0.25) is 0 Å². The maximum atomic E-state index is 12.7. The first-order chi connectivity index (χ1) is 11.6. The summed E-state index contributed by atoms with van der Waals surface area (Å²) in [6.45, 7) is 4.99. The van der Waals surface area contributed by atoms with Gasteiger partial charge in [0.15, 0.2) is 6.61 Å². The summed E-state index contributed by atoms with van der Waals surface area (Å²) >= 11 is 0. The van der Waals surface area contributed by atoms with Crippen molar-refractivity contribution in [2.24, 2.45) is 23.2 Å². The molecule has 25 heavy (non-hydrogen) atoms. The molecular formula is C19H28N2O4. The molecule has 4 fully saturated rings. The molecule has 6 heteroatoms. The fraction of sp³-hybridized carbons (Fsp3) is 0.842. The molecule has 0 radical (unpaired) electrons. The van der Waals surface area contributed by atoms with E-state index >= 15 is 0 Å². The number of carbonyl (C=O) groups is 2. The number of amides is 1. The SMILES string of the molecule is CC(C)[C@](C)(C#N)NC(=O)COC(=O)C12C[C@@H]3C[C@H](CC(O)(C3)C1)C2. The van der Waals surface area contributed by atoms with Crippen LogP contribution in [0, 0.1) is 34.5 Å². The number of ether oxygens (including phenoxy) is 1. The second-order valence-corrected chi connectivity index (χ2v) is 9.06. The van der Waals surface area contributed by atoms with Crippen molar-refractivity contribution in [3.05, 3.63) is 0 Å². The average Bonchev–Trinajstić information content (AvgIpc) is 2.49. The molecule has 4 saturated carbocycles. The smallest absolute Gasteiger partial charge is 0.312 e. The number of nitrogens with zero attached hydrogens (tertiary/aromatic N) is 1. The molecular weight excluding hydrogens is 320 g/mol. The number of aliphatic hydroxyl groups is 1. The first kappa shape index (κ1) is 18.2. The third-order valence-electron chi connectivity index (χ3n) is 6.58. The minimum absolute atomic E-state index is 0.0606. The van der Waals surface area contributed by atoms with Gasteiger partial charge in [0.05, 0.1) is 17.1 Å². The van der Waals surface area contributed by atoms with Crippen molar-refractivity contribution in [2.45, 2.75) is 70.4 Å². The van der Waals surface area contributed by atoms with E-state index in [0.717, 1.165) is 32.1 Å². The number of hydrogen-bond donors (Lipinski definition) is 2. The predicted octanol–water partition coefficient (Wildman–Crippen LogP) is 1.92. The maximum Gasteiger partial charge on any atom is 0.312 e. The topological polar surface area (TPSA) is 99.4 Å². The van der Waals surface area contributed by atoms with E-state index in [1.165, 1.54) is 0 Å². The van der Waals surface area contributed by atoms with Crippen LogP contribution in [0.3, 0.4) is 0 Å². The van der Waals surface area contributed by atoms with Crippen LogP contribution in [0.2, 0.25) is 0 Å². The fourth-order valence-corrected chi connectivity index (χ4v) is 5.36. The Labute approximate surface area is 148 Å². The molecule has 0 aliphatic heterocycles. The van der Waals surface area contributed by atoms with E-state index in [-0.39, 0.29) is 18.5 Å². The summed E-state index contributed by atoms with van der Waals surface area (Å²) in [5.74, 6) is -0.117. The van der Waals surface area contributed by atoms with Crippen LogP contribution >= 0.6 is 0 Å². The summed E-state index contributed by atoms with van der Waals surface area (Å²) in [4.78, 5) is 24.9. The van der Waals surface area contributed by atoms with E-state index in [0.29, 0.717) is 18.3 Å². The Balaban J connectivity index is 1.60. The Morgan fingerprint density at radius 3 is 2.40 bits per heavy atom. The van der Waals surface area contributed by atoms with Gasteiger partial charge in [-0.05, 0) is 63.2 Å². The molecule has 0 aromatic rings. The number of hydrogen-bond acceptors (Lipinski definition) is 5. The van der Waals surface area contributed by atoms with Crippen LogP contribution in [0.15, 0.2) is 0 Å². The summed E-state index contributed by atoms with van der Waals surface area (Å²) in [7, 11) is 0. The van der Waals surface area contributed by atoms with Crippen LogP contribution in [0.4, 0.5) is 0 Å². The highest BCUT2D eigenvalue weighted by Crippen LogP contribution is 2.61. The Bertz CT molecular complexity index is 609. The van der Waals surface area contributed by atoms with Gasteiger partial charge in [-0.3, -0.25) is 9.59 Å². The van der Waals surface area contributed by atoms with E-state index < -0.39 is 22.5 Å². The highest BCUT2D eigenvalue weighted by Gasteiger charge is 2.60. The van der Waals surface area contributed by atoms with E-state index in [1.54, 1.807) is 6.92 Å². The van der Waals surface area contributed by atoms with Crippen molar-refractivity contribution in [3.8, 4) is 6.07 Å². The Hall–Kier alpha value is -1.61. The Morgan fingerprint density at radius 2 is 1.92 bits per heavy atom. The summed E-state index contributed by atoms with van der Waals surface area (Å²) in [6.07, 6.45) is 4.63. The van der Waals surface area contributed by atoms with Gasteiger partial charge in [-0.2, -0.15) is 5.26 Å². The van der Waals surface area contributed by atoms with Crippen LogP contribution in [0.25, 0.3) is 0 Å². The van der Waals surface area contributed by atoms with Crippen LogP contribution in [-0.2, 0) is 14.3 Å². The van der Waals surface area contributed by atoms with Crippen LogP contribution in [0.5, 0.6) is 0 Å². The Kier molecular flexibility index (Phi) is 4.35. The third-order valence-corrected chi connectivity index (χ3v) is 6.58. The highest BCUT2D eigenvalue weighted by molar-refractivity contribution is 5.83. The van der Waals surface area contributed by atoms with Gasteiger partial charge in [-0.15, -0.1) is 0 Å². The molecule has 1 amide bonds. The van der Waals surface area contributed by atoms with Crippen molar-refractivity contribution < 1.29 is 19.4 Å². The van der Waals surface area contributed by atoms with Crippen molar-refractivity contribution in [3.63, 3.8) is 0 Å². The molecule has 4 bridgehead atoms. The zero-order valence-electron chi connectivity index (χ0n) is 15.3. The number of rotatable bonds is 5. The van der Waals surface area contributed by atoms with Gasteiger partial charge >= 0.3 is 5.97 Å². The lowest BCUT2D eigenvalue weighted by molar-refractivity contribution is -0.196. The molecule has 3 atom stereocenters. The average molecular weight is 348 g/mol. The van der Waals surface area contributed by atoms with E-state index in [2.05, 4.69) is 11.4 Å². The van der Waals surface area contributed by atoms with Gasteiger partial charge in [0, 0.05) is 0 Å². The van der Waals surface area contributed by atoms with E-state index in [4.69, 9.17) is 4.74 Å². The summed E-state index contributed by atoms with van der Waals surface area (Å²) in [5, 5.41) is 22.6. The standard InChI is InChI=1S/C19H28N2O4/c1-12(2)17(3,11-20)21-15(22)9-25-16(23)18-5-13-4-14(6-18)8-19(24,7-13)10-18/h12-14,24H,4-10H2,1-3H3,(H,21,22)/t13-,14-,17-,18?,19?/m0/s1. The van der Waals surface area contributed by atoms with Gasteiger partial charge in [-0.1, -0.05) is 13.8 Å². The lowest BCUT2D eigenvalue weighted by Gasteiger charge is -2.58. The lowest BCUT2D eigenvalue weighted by atomic mass is 9.48. The molecule has 0 unspecified atom stereocenters. The first-order valence-electron chi connectivity index (χ1n) is 9.22. The van der Waals surface area contributed by atoms with Crippen molar-refractivity contribution in [1.29, 1.82) is 5.26 Å². The first-order valence-corrected chi connectivity index (χ1v) is 9.22. The molecule has 2 N–H and O–H groups in total.